The number of ketones is 1. The van der Waals surface area contributed by atoms with Gasteiger partial charge in [-0.25, -0.2) is 0 Å². The highest BCUT2D eigenvalue weighted by molar-refractivity contribution is 9.10. The van der Waals surface area contributed by atoms with Gasteiger partial charge in [0.2, 0.25) is 0 Å². The van der Waals surface area contributed by atoms with E-state index in [1.54, 1.807) is 6.92 Å². The highest BCUT2D eigenvalue weighted by Gasteiger charge is 2.35. The molecule has 0 atom stereocenters. The van der Waals surface area contributed by atoms with Crippen LogP contribution in [0.15, 0.2) is 22.7 Å². The molecule has 1 rings (SSSR count). The van der Waals surface area contributed by atoms with Crippen molar-refractivity contribution in [1.29, 1.82) is 0 Å². The van der Waals surface area contributed by atoms with Gasteiger partial charge >= 0.3 is 12.1 Å². The van der Waals surface area contributed by atoms with Crippen molar-refractivity contribution in [1.82, 2.24) is 0 Å². The zero-order valence-electron chi connectivity index (χ0n) is 11.3. The minimum Gasteiger partial charge on any atom is -0.466 e. The first-order chi connectivity index (χ1) is 9.75. The fourth-order valence-electron chi connectivity index (χ4n) is 1.76. The number of ether oxygens (including phenoxy) is 1. The molecule has 0 amide bonds. The van der Waals surface area contributed by atoms with E-state index < -0.39 is 23.5 Å². The Morgan fingerprint density at radius 1 is 1.24 bits per heavy atom. The number of hydrogen-bond acceptors (Lipinski definition) is 3. The number of Topliss-reactive ketones (excluding diaryl/α,β-unsaturated/α-hetero) is 1. The van der Waals surface area contributed by atoms with Gasteiger partial charge in [0.25, 0.3) is 0 Å². The minimum atomic E-state index is -4.60. The molecule has 0 fully saturated rings. The van der Waals surface area contributed by atoms with Crippen LogP contribution in [0.3, 0.4) is 0 Å². The van der Waals surface area contributed by atoms with E-state index >= 15 is 0 Å². The van der Waals surface area contributed by atoms with Crippen LogP contribution in [0.1, 0.15) is 42.1 Å². The molecule has 0 saturated heterocycles. The standard InChI is InChI=1S/C14H14BrF3O3/c1-2-21-13(20)5-3-4-12(19)10-7-6-9(15)8-11(10)14(16,17)18/h6-8H,2-5H2,1H3. The fourth-order valence-corrected chi connectivity index (χ4v) is 2.12. The number of esters is 1. The van der Waals surface area contributed by atoms with Crippen LogP contribution in [-0.2, 0) is 15.7 Å². The Bertz CT molecular complexity index is 527. The highest BCUT2D eigenvalue weighted by atomic mass is 79.9. The van der Waals surface area contributed by atoms with Crippen molar-refractivity contribution in [3.8, 4) is 0 Å². The smallest absolute Gasteiger partial charge is 0.417 e. The van der Waals surface area contributed by atoms with Gasteiger partial charge in [-0.2, -0.15) is 13.2 Å². The number of rotatable bonds is 6. The Labute approximate surface area is 128 Å². The molecule has 0 spiro atoms. The molecule has 3 nitrogen and oxygen atoms in total. The molecule has 0 N–H and O–H groups in total. The normalized spacial score (nSPS) is 11.3. The van der Waals surface area contributed by atoms with E-state index in [4.69, 9.17) is 0 Å². The summed E-state index contributed by atoms with van der Waals surface area (Å²) < 4.78 is 43.6. The summed E-state index contributed by atoms with van der Waals surface area (Å²) in [5.74, 6) is -1.10. The van der Waals surface area contributed by atoms with Crippen LogP contribution < -0.4 is 0 Å². The molecule has 1 aromatic rings. The summed E-state index contributed by atoms with van der Waals surface area (Å²) in [5, 5.41) is 0. The summed E-state index contributed by atoms with van der Waals surface area (Å²) in [6.07, 6.45) is -4.57. The van der Waals surface area contributed by atoms with Gasteiger partial charge in [-0.05, 0) is 31.5 Å². The zero-order valence-corrected chi connectivity index (χ0v) is 12.9. The SMILES string of the molecule is CCOC(=O)CCCC(=O)c1ccc(Br)cc1C(F)(F)F. The van der Waals surface area contributed by atoms with Gasteiger partial charge in [-0.1, -0.05) is 15.9 Å². The Balaban J connectivity index is 2.77. The van der Waals surface area contributed by atoms with Crippen molar-refractivity contribution in [3.63, 3.8) is 0 Å². The Hall–Kier alpha value is -1.37. The van der Waals surface area contributed by atoms with Gasteiger partial charge in [0.05, 0.1) is 12.2 Å². The maximum atomic E-state index is 12.9. The van der Waals surface area contributed by atoms with E-state index in [1.165, 1.54) is 6.07 Å². The van der Waals surface area contributed by atoms with Crippen molar-refractivity contribution in [2.45, 2.75) is 32.4 Å². The van der Waals surface area contributed by atoms with E-state index in [1.807, 2.05) is 0 Å². The summed E-state index contributed by atoms with van der Waals surface area (Å²) in [6, 6.07) is 3.39. The number of benzene rings is 1. The van der Waals surface area contributed by atoms with Gasteiger partial charge in [0, 0.05) is 22.9 Å². The lowest BCUT2D eigenvalue weighted by Crippen LogP contribution is -2.13. The molecule has 7 heteroatoms. The molecular weight excluding hydrogens is 353 g/mol. The second kappa shape index (κ2) is 7.59. The minimum absolute atomic E-state index is 0.0114. The number of halogens is 4. The topological polar surface area (TPSA) is 43.4 Å². The van der Waals surface area contributed by atoms with Gasteiger partial charge in [0.15, 0.2) is 5.78 Å². The average Bonchev–Trinajstić information content (AvgIpc) is 2.37. The van der Waals surface area contributed by atoms with E-state index in [0.717, 1.165) is 12.1 Å². The predicted octanol–water partition coefficient (Wildman–Crippen LogP) is 4.38. The average molecular weight is 367 g/mol. The second-order valence-corrected chi connectivity index (χ2v) is 5.19. The predicted molar refractivity (Wildman–Crippen MR) is 74.0 cm³/mol. The molecule has 0 radical (unpaired) electrons. The van der Waals surface area contributed by atoms with E-state index in [9.17, 15) is 22.8 Å². The number of carbonyl (C=O) groups is 2. The third-order valence-corrected chi connectivity index (χ3v) is 3.17. The fraction of sp³-hybridized carbons (Fsp3) is 0.429. The summed E-state index contributed by atoms with van der Waals surface area (Å²) in [7, 11) is 0. The molecule has 0 aromatic heterocycles. The summed E-state index contributed by atoms with van der Waals surface area (Å²) in [4.78, 5) is 23.0. The van der Waals surface area contributed by atoms with Crippen LogP contribution in [0.2, 0.25) is 0 Å². The molecule has 0 aliphatic rings. The maximum Gasteiger partial charge on any atom is 0.417 e. The molecule has 0 aliphatic carbocycles. The van der Waals surface area contributed by atoms with Crippen LogP contribution in [0.25, 0.3) is 0 Å². The summed E-state index contributed by atoms with van der Waals surface area (Å²) in [5.41, 5.74) is -1.35. The lowest BCUT2D eigenvalue weighted by molar-refractivity contribution is -0.143. The van der Waals surface area contributed by atoms with Crippen LogP contribution in [0, 0.1) is 0 Å². The number of hydrogen-bond donors (Lipinski definition) is 0. The van der Waals surface area contributed by atoms with Crippen molar-refractivity contribution >= 4 is 27.7 Å². The molecule has 0 unspecified atom stereocenters. The molecule has 116 valence electrons. The maximum absolute atomic E-state index is 12.9. The first-order valence-electron chi connectivity index (χ1n) is 6.31. The van der Waals surface area contributed by atoms with Crippen LogP contribution in [0.4, 0.5) is 13.2 Å². The Morgan fingerprint density at radius 2 is 1.90 bits per heavy atom. The molecule has 21 heavy (non-hydrogen) atoms. The largest absolute Gasteiger partial charge is 0.466 e. The molecule has 0 aliphatic heterocycles. The van der Waals surface area contributed by atoms with Crippen LogP contribution in [0.5, 0.6) is 0 Å². The Morgan fingerprint density at radius 3 is 2.48 bits per heavy atom. The van der Waals surface area contributed by atoms with Crippen LogP contribution in [-0.4, -0.2) is 18.4 Å². The van der Waals surface area contributed by atoms with Gasteiger partial charge < -0.3 is 4.74 Å². The molecule has 0 heterocycles. The van der Waals surface area contributed by atoms with Gasteiger partial charge in [-0.15, -0.1) is 0 Å². The third kappa shape index (κ3) is 5.49. The summed E-state index contributed by atoms with van der Waals surface area (Å²) in [6.45, 7) is 1.89. The van der Waals surface area contributed by atoms with Crippen LogP contribution >= 0.6 is 15.9 Å². The molecule has 1 aromatic carbocycles. The lowest BCUT2D eigenvalue weighted by Gasteiger charge is -2.12. The molecular formula is C14H14BrF3O3. The van der Waals surface area contributed by atoms with Gasteiger partial charge in [-0.3, -0.25) is 9.59 Å². The van der Waals surface area contributed by atoms with E-state index in [0.29, 0.717) is 0 Å². The van der Waals surface area contributed by atoms with Gasteiger partial charge in [0.1, 0.15) is 0 Å². The zero-order chi connectivity index (χ0) is 16.0. The van der Waals surface area contributed by atoms with Crippen molar-refractivity contribution < 1.29 is 27.5 Å². The van der Waals surface area contributed by atoms with E-state index in [-0.39, 0.29) is 35.9 Å². The first-order valence-corrected chi connectivity index (χ1v) is 7.10. The van der Waals surface area contributed by atoms with E-state index in [2.05, 4.69) is 20.7 Å². The van der Waals surface area contributed by atoms with Crippen molar-refractivity contribution in [3.05, 3.63) is 33.8 Å². The highest BCUT2D eigenvalue weighted by Crippen LogP contribution is 2.34. The third-order valence-electron chi connectivity index (χ3n) is 2.68. The van der Waals surface area contributed by atoms with Crippen molar-refractivity contribution in [2.24, 2.45) is 0 Å². The first kappa shape index (κ1) is 17.7. The molecule has 0 bridgehead atoms. The van der Waals surface area contributed by atoms with Crippen molar-refractivity contribution in [2.75, 3.05) is 6.61 Å². The second-order valence-electron chi connectivity index (χ2n) is 4.27. The molecule has 0 saturated carbocycles. The Kier molecular flexibility index (Phi) is 6.39. The quantitative estimate of drug-likeness (QED) is 0.554. The monoisotopic (exact) mass is 366 g/mol. The number of alkyl halides is 3. The number of carbonyl (C=O) groups excluding carboxylic acids is 2. The lowest BCUT2D eigenvalue weighted by atomic mass is 9.99. The summed E-state index contributed by atoms with van der Waals surface area (Å²) >= 11 is 2.95.